The van der Waals surface area contributed by atoms with Gasteiger partial charge in [-0.25, -0.2) is 14.4 Å². The van der Waals surface area contributed by atoms with Crippen LogP contribution in [0.1, 0.15) is 70.8 Å². The summed E-state index contributed by atoms with van der Waals surface area (Å²) >= 11 is 0. The second kappa shape index (κ2) is 14.6. The standard InChI is InChI=1S/C33H47N3O9Si/c1-10-42-29(37)24-12-11-13-26(18-24)34(30(38)43-22-23-14-16-25(17-15-23)36(40)41)20-27-19-28(45-46(8,9)33(5,6)7)21-35(27)31(39)44-32(2,3)4/h11-18,27-28H,10,19-22H2,1-9H3/t27-,28+/m0/s1. The number of hydrogen-bond donors (Lipinski definition) is 0. The Balaban J connectivity index is 1.95. The topological polar surface area (TPSA) is 138 Å². The zero-order valence-electron chi connectivity index (χ0n) is 28.3. The van der Waals surface area contributed by atoms with Crippen LogP contribution in [0, 0.1) is 10.1 Å². The highest BCUT2D eigenvalue weighted by molar-refractivity contribution is 6.74. The molecule has 0 saturated carbocycles. The molecule has 1 heterocycles. The maximum atomic E-state index is 13.8. The number of nitro benzene ring substituents is 1. The molecule has 2 aromatic carbocycles. The third-order valence-corrected chi connectivity index (χ3v) is 12.6. The van der Waals surface area contributed by atoms with Gasteiger partial charge < -0.3 is 23.5 Å². The van der Waals surface area contributed by atoms with Crippen LogP contribution >= 0.6 is 0 Å². The van der Waals surface area contributed by atoms with Gasteiger partial charge in [-0.05, 0) is 88.1 Å². The van der Waals surface area contributed by atoms with Gasteiger partial charge in [0, 0.05) is 30.9 Å². The quantitative estimate of drug-likeness (QED) is 0.0846. The number of rotatable bonds is 10. The van der Waals surface area contributed by atoms with Crippen LogP contribution in [0.3, 0.4) is 0 Å². The molecule has 2 aromatic rings. The van der Waals surface area contributed by atoms with E-state index in [1.165, 1.54) is 29.2 Å². The lowest BCUT2D eigenvalue weighted by Gasteiger charge is -2.38. The normalized spacial score (nSPS) is 16.9. The first-order valence-corrected chi connectivity index (χ1v) is 18.3. The van der Waals surface area contributed by atoms with Gasteiger partial charge in [-0.1, -0.05) is 26.8 Å². The molecule has 252 valence electrons. The summed E-state index contributed by atoms with van der Waals surface area (Å²) in [5.74, 6) is -0.539. The van der Waals surface area contributed by atoms with Crippen molar-refractivity contribution in [3.05, 3.63) is 69.8 Å². The van der Waals surface area contributed by atoms with Crippen LogP contribution in [-0.2, 0) is 25.2 Å². The van der Waals surface area contributed by atoms with E-state index in [2.05, 4.69) is 33.9 Å². The van der Waals surface area contributed by atoms with Crippen molar-refractivity contribution >= 4 is 37.8 Å². The molecule has 0 radical (unpaired) electrons. The summed E-state index contributed by atoms with van der Waals surface area (Å²) in [7, 11) is -2.20. The summed E-state index contributed by atoms with van der Waals surface area (Å²) in [6.07, 6.45) is -1.06. The smallest absolute Gasteiger partial charge is 0.414 e. The number of ether oxygens (including phenoxy) is 3. The summed E-state index contributed by atoms with van der Waals surface area (Å²) in [6, 6.07) is 11.7. The molecule has 1 fully saturated rings. The average Bonchev–Trinajstić information content (AvgIpc) is 3.35. The maximum absolute atomic E-state index is 13.8. The number of non-ortho nitro benzene ring substituents is 1. The van der Waals surface area contributed by atoms with Gasteiger partial charge in [0.1, 0.15) is 12.2 Å². The van der Waals surface area contributed by atoms with Crippen molar-refractivity contribution in [2.75, 3.05) is 24.6 Å². The number of nitro groups is 1. The van der Waals surface area contributed by atoms with Gasteiger partial charge in [0.2, 0.25) is 0 Å². The first-order valence-electron chi connectivity index (χ1n) is 15.4. The van der Waals surface area contributed by atoms with Gasteiger partial charge in [-0.2, -0.15) is 0 Å². The largest absolute Gasteiger partial charge is 0.462 e. The number of esters is 1. The Morgan fingerprint density at radius 3 is 2.24 bits per heavy atom. The Bertz CT molecular complexity index is 1400. The molecule has 1 saturated heterocycles. The first kappa shape index (κ1) is 36.5. The molecule has 1 aliphatic rings. The highest BCUT2D eigenvalue weighted by Crippen LogP contribution is 2.39. The number of carbonyl (C=O) groups is 3. The molecule has 3 rings (SSSR count). The van der Waals surface area contributed by atoms with Gasteiger partial charge in [-0.15, -0.1) is 0 Å². The van der Waals surface area contributed by atoms with Crippen LogP contribution in [-0.4, -0.2) is 73.7 Å². The number of anilines is 1. The van der Waals surface area contributed by atoms with E-state index < -0.39 is 43.0 Å². The van der Waals surface area contributed by atoms with Gasteiger partial charge in [-0.3, -0.25) is 15.0 Å². The lowest BCUT2D eigenvalue weighted by Crippen LogP contribution is -2.47. The summed E-state index contributed by atoms with van der Waals surface area (Å²) in [5, 5.41) is 11.0. The van der Waals surface area contributed by atoms with Crippen molar-refractivity contribution in [2.24, 2.45) is 0 Å². The zero-order chi connectivity index (χ0) is 34.4. The van der Waals surface area contributed by atoms with E-state index in [4.69, 9.17) is 18.6 Å². The SMILES string of the molecule is CCOC(=O)c1cccc(N(C[C@@H]2C[C@@H](O[Si](C)(C)C(C)(C)C)CN2C(=O)OC(C)(C)C)C(=O)OCc2ccc([N+](=O)[O-])cc2)c1. The number of benzene rings is 2. The molecule has 0 spiro atoms. The number of carbonyl (C=O) groups excluding carboxylic acids is 3. The Morgan fingerprint density at radius 2 is 1.67 bits per heavy atom. The van der Waals surface area contributed by atoms with Gasteiger partial charge in [0.15, 0.2) is 8.32 Å². The Labute approximate surface area is 272 Å². The lowest BCUT2D eigenvalue weighted by atomic mass is 10.1. The number of likely N-dealkylation sites (tertiary alicyclic amines) is 1. The fourth-order valence-corrected chi connectivity index (χ4v) is 6.08. The predicted octanol–water partition coefficient (Wildman–Crippen LogP) is 7.31. The second-order valence-electron chi connectivity index (χ2n) is 13.9. The Morgan fingerprint density at radius 1 is 1.02 bits per heavy atom. The highest BCUT2D eigenvalue weighted by Gasteiger charge is 2.45. The van der Waals surface area contributed by atoms with E-state index in [0.717, 1.165) is 0 Å². The van der Waals surface area contributed by atoms with Crippen LogP contribution < -0.4 is 4.90 Å². The molecule has 0 unspecified atom stereocenters. The third-order valence-electron chi connectivity index (χ3n) is 8.06. The van der Waals surface area contributed by atoms with Crippen LogP contribution in [0.5, 0.6) is 0 Å². The minimum absolute atomic E-state index is 0.0297. The number of nitrogens with zero attached hydrogens (tertiary/aromatic N) is 3. The minimum Gasteiger partial charge on any atom is -0.462 e. The van der Waals surface area contributed by atoms with Gasteiger partial charge in [0.05, 0.1) is 29.2 Å². The molecule has 1 aliphatic heterocycles. The predicted molar refractivity (Wildman–Crippen MR) is 176 cm³/mol. The monoisotopic (exact) mass is 657 g/mol. The van der Waals surface area contributed by atoms with Crippen LogP contribution in [0.4, 0.5) is 21.0 Å². The summed E-state index contributed by atoms with van der Waals surface area (Å²) < 4.78 is 23.3. The fourth-order valence-electron chi connectivity index (χ4n) is 4.72. The van der Waals surface area contributed by atoms with E-state index in [1.807, 2.05) is 0 Å². The molecule has 0 aliphatic carbocycles. The Kier molecular flexibility index (Phi) is 11.6. The molecule has 0 N–H and O–H groups in total. The molecular weight excluding hydrogens is 610 g/mol. The van der Waals surface area contributed by atoms with Crippen LogP contribution in [0.25, 0.3) is 0 Å². The van der Waals surface area contributed by atoms with E-state index >= 15 is 0 Å². The molecule has 46 heavy (non-hydrogen) atoms. The van der Waals surface area contributed by atoms with Gasteiger partial charge in [0.25, 0.3) is 5.69 Å². The van der Waals surface area contributed by atoms with E-state index in [-0.39, 0.29) is 42.2 Å². The molecule has 2 atom stereocenters. The Hall–Kier alpha value is -3.97. The minimum atomic E-state index is -2.20. The van der Waals surface area contributed by atoms with Crippen LogP contribution in [0.15, 0.2) is 48.5 Å². The van der Waals surface area contributed by atoms with Crippen molar-refractivity contribution in [3.63, 3.8) is 0 Å². The third kappa shape index (κ3) is 9.76. The molecule has 0 aromatic heterocycles. The highest BCUT2D eigenvalue weighted by atomic mass is 28.4. The summed E-state index contributed by atoms with van der Waals surface area (Å²) in [5.41, 5.74) is 0.361. The number of amides is 2. The van der Waals surface area contributed by atoms with Crippen molar-refractivity contribution in [2.45, 2.75) is 97.4 Å². The average molecular weight is 658 g/mol. The summed E-state index contributed by atoms with van der Waals surface area (Å²) in [4.78, 5) is 53.3. The zero-order valence-corrected chi connectivity index (χ0v) is 29.3. The van der Waals surface area contributed by atoms with E-state index in [1.54, 1.807) is 56.9 Å². The molecule has 12 nitrogen and oxygen atoms in total. The molecule has 0 bridgehead atoms. The molecule has 13 heteroatoms. The van der Waals surface area contributed by atoms with Crippen molar-refractivity contribution in [1.29, 1.82) is 0 Å². The molecule has 2 amide bonds. The second-order valence-corrected chi connectivity index (χ2v) is 18.6. The lowest BCUT2D eigenvalue weighted by molar-refractivity contribution is -0.384. The van der Waals surface area contributed by atoms with Crippen molar-refractivity contribution in [3.8, 4) is 0 Å². The fraction of sp³-hybridized carbons (Fsp3) is 0.545. The van der Waals surface area contributed by atoms with Crippen molar-refractivity contribution < 1.29 is 37.9 Å². The maximum Gasteiger partial charge on any atom is 0.414 e. The van der Waals surface area contributed by atoms with Crippen LogP contribution in [0.2, 0.25) is 18.1 Å². The van der Waals surface area contributed by atoms with E-state index in [0.29, 0.717) is 24.2 Å². The number of hydrogen-bond acceptors (Lipinski definition) is 9. The molecular formula is C33H47N3O9Si. The summed E-state index contributed by atoms with van der Waals surface area (Å²) in [6.45, 7) is 18.2. The van der Waals surface area contributed by atoms with E-state index in [9.17, 15) is 24.5 Å². The first-order chi connectivity index (χ1) is 21.3. The van der Waals surface area contributed by atoms with Gasteiger partial charge >= 0.3 is 18.2 Å². The van der Waals surface area contributed by atoms with Crippen molar-refractivity contribution in [1.82, 2.24) is 4.90 Å².